The molecule has 0 radical (unpaired) electrons. The number of rotatable bonds is 3. The summed E-state index contributed by atoms with van der Waals surface area (Å²) in [6.45, 7) is 0. The zero-order valence-electron chi connectivity index (χ0n) is 9.88. The second-order valence-electron chi connectivity index (χ2n) is 3.75. The molecule has 102 valence electrons. The van der Waals surface area contributed by atoms with Gasteiger partial charge in [0.15, 0.2) is 0 Å². The van der Waals surface area contributed by atoms with E-state index >= 15 is 0 Å². The molecule has 0 saturated heterocycles. The van der Waals surface area contributed by atoms with Crippen LogP contribution in [0, 0.1) is 11.3 Å². The maximum Gasteiger partial charge on any atom is 0.340 e. The Hall–Kier alpha value is -1.74. The van der Waals surface area contributed by atoms with Crippen LogP contribution in [0.15, 0.2) is 47.4 Å². The zero-order chi connectivity index (χ0) is 14.8. The third-order valence-corrected chi connectivity index (χ3v) is 4.30. The molecule has 0 aliphatic rings. The third-order valence-electron chi connectivity index (χ3n) is 2.33. The van der Waals surface area contributed by atoms with Gasteiger partial charge in [-0.15, -0.1) is 0 Å². The summed E-state index contributed by atoms with van der Waals surface area (Å²) in [5.41, 5.74) is 0.287. The second kappa shape index (κ2) is 5.71. The minimum Gasteiger partial charge on any atom is -0.379 e. The van der Waals surface area contributed by atoms with Crippen molar-refractivity contribution >= 4 is 33.3 Å². The van der Waals surface area contributed by atoms with Gasteiger partial charge in [0.1, 0.15) is 10.6 Å². The summed E-state index contributed by atoms with van der Waals surface area (Å²) >= 11 is 11.6. The molecule has 0 atom stereocenters. The third kappa shape index (κ3) is 3.23. The highest BCUT2D eigenvalue weighted by Gasteiger charge is 2.21. The van der Waals surface area contributed by atoms with Crippen LogP contribution in [-0.2, 0) is 10.1 Å². The van der Waals surface area contributed by atoms with Crippen LogP contribution in [0.1, 0.15) is 5.56 Å². The number of halogens is 2. The van der Waals surface area contributed by atoms with Crippen molar-refractivity contribution in [2.75, 3.05) is 0 Å². The van der Waals surface area contributed by atoms with Gasteiger partial charge in [-0.05, 0) is 36.4 Å². The Labute approximate surface area is 126 Å². The van der Waals surface area contributed by atoms with Gasteiger partial charge in [-0.25, -0.2) is 0 Å². The number of hydrogen-bond donors (Lipinski definition) is 0. The van der Waals surface area contributed by atoms with Crippen LogP contribution in [0.25, 0.3) is 0 Å². The first-order valence-electron chi connectivity index (χ1n) is 5.32. The topological polar surface area (TPSA) is 67.2 Å². The average Bonchev–Trinajstić information content (AvgIpc) is 2.41. The molecule has 0 fully saturated rings. The van der Waals surface area contributed by atoms with E-state index in [0.717, 1.165) is 0 Å². The first-order valence-corrected chi connectivity index (χ1v) is 7.48. The molecule has 0 N–H and O–H groups in total. The molecule has 0 unspecified atom stereocenters. The van der Waals surface area contributed by atoms with Crippen molar-refractivity contribution in [1.82, 2.24) is 0 Å². The molecule has 2 aromatic carbocycles. The van der Waals surface area contributed by atoms with Gasteiger partial charge >= 0.3 is 10.1 Å². The van der Waals surface area contributed by atoms with E-state index in [9.17, 15) is 8.42 Å². The smallest absolute Gasteiger partial charge is 0.340 e. The highest BCUT2D eigenvalue weighted by Crippen LogP contribution is 2.27. The van der Waals surface area contributed by atoms with Crippen LogP contribution in [-0.4, -0.2) is 8.42 Å². The largest absolute Gasteiger partial charge is 0.379 e. The Morgan fingerprint density at radius 2 is 1.85 bits per heavy atom. The van der Waals surface area contributed by atoms with E-state index in [1.54, 1.807) is 0 Å². The summed E-state index contributed by atoms with van der Waals surface area (Å²) < 4.78 is 29.2. The van der Waals surface area contributed by atoms with Gasteiger partial charge in [0, 0.05) is 5.02 Å². The van der Waals surface area contributed by atoms with Gasteiger partial charge in [-0.2, -0.15) is 13.7 Å². The molecule has 0 aliphatic heterocycles. The summed E-state index contributed by atoms with van der Waals surface area (Å²) in [7, 11) is -4.12. The Kier molecular flexibility index (Phi) is 4.19. The monoisotopic (exact) mass is 327 g/mol. The van der Waals surface area contributed by atoms with Crippen molar-refractivity contribution in [3.8, 4) is 11.8 Å². The molecule has 4 nitrogen and oxygen atoms in total. The minimum atomic E-state index is -4.12. The van der Waals surface area contributed by atoms with Crippen LogP contribution in [0.5, 0.6) is 5.75 Å². The Morgan fingerprint density at radius 3 is 2.55 bits per heavy atom. The van der Waals surface area contributed by atoms with Gasteiger partial charge in [0.05, 0.1) is 16.7 Å². The predicted molar refractivity (Wildman–Crippen MR) is 75.4 cm³/mol. The van der Waals surface area contributed by atoms with Gasteiger partial charge in [0.25, 0.3) is 0 Å². The van der Waals surface area contributed by atoms with Crippen LogP contribution >= 0.6 is 23.2 Å². The second-order valence-corrected chi connectivity index (χ2v) is 6.11. The molecule has 20 heavy (non-hydrogen) atoms. The Bertz CT molecular complexity index is 798. The maximum absolute atomic E-state index is 12.1. The lowest BCUT2D eigenvalue weighted by atomic mass is 10.2. The van der Waals surface area contributed by atoms with Crippen molar-refractivity contribution in [2.45, 2.75) is 4.90 Å². The Morgan fingerprint density at radius 1 is 1.10 bits per heavy atom. The lowest BCUT2D eigenvalue weighted by Gasteiger charge is -2.08. The Balaban J connectivity index is 2.41. The predicted octanol–water partition coefficient (Wildman–Crippen LogP) is 3.63. The van der Waals surface area contributed by atoms with Crippen molar-refractivity contribution in [3.63, 3.8) is 0 Å². The van der Waals surface area contributed by atoms with Crippen LogP contribution in [0.4, 0.5) is 0 Å². The fraction of sp³-hybridized carbons (Fsp3) is 0. The molecular weight excluding hydrogens is 321 g/mol. The summed E-state index contributed by atoms with van der Waals surface area (Å²) in [6, 6.07) is 11.7. The van der Waals surface area contributed by atoms with E-state index in [2.05, 4.69) is 0 Å². The first-order chi connectivity index (χ1) is 9.42. The number of hydrogen-bond acceptors (Lipinski definition) is 4. The number of nitrogens with zero attached hydrogens (tertiary/aromatic N) is 1. The highest BCUT2D eigenvalue weighted by atomic mass is 35.5. The molecule has 0 aliphatic carbocycles. The number of nitriles is 1. The van der Waals surface area contributed by atoms with Crippen molar-refractivity contribution < 1.29 is 12.6 Å². The average molecular weight is 328 g/mol. The number of benzene rings is 2. The minimum absolute atomic E-state index is 0.00541. The van der Waals surface area contributed by atoms with Gasteiger partial charge in [-0.1, -0.05) is 29.3 Å². The van der Waals surface area contributed by atoms with Crippen molar-refractivity contribution in [3.05, 3.63) is 58.1 Å². The molecule has 0 spiro atoms. The van der Waals surface area contributed by atoms with Gasteiger partial charge in [0.2, 0.25) is 0 Å². The molecule has 0 amide bonds. The molecule has 0 saturated carbocycles. The van der Waals surface area contributed by atoms with E-state index < -0.39 is 10.1 Å². The van der Waals surface area contributed by atoms with Gasteiger partial charge in [-0.3, -0.25) is 0 Å². The molecule has 0 heterocycles. The highest BCUT2D eigenvalue weighted by molar-refractivity contribution is 7.87. The van der Waals surface area contributed by atoms with Crippen molar-refractivity contribution in [2.24, 2.45) is 0 Å². The lowest BCUT2D eigenvalue weighted by Crippen LogP contribution is -2.10. The van der Waals surface area contributed by atoms with E-state index in [-0.39, 0.29) is 26.3 Å². The van der Waals surface area contributed by atoms with Crippen molar-refractivity contribution in [1.29, 1.82) is 5.26 Å². The zero-order valence-corrected chi connectivity index (χ0v) is 12.2. The SMILES string of the molecule is N#Cc1cccc(OS(=O)(=O)c2cc(Cl)ccc2Cl)c1. The molecule has 2 aromatic rings. The van der Waals surface area contributed by atoms with E-state index in [1.165, 1.54) is 42.5 Å². The van der Waals surface area contributed by atoms with Crippen LogP contribution < -0.4 is 4.18 Å². The molecule has 0 bridgehead atoms. The summed E-state index contributed by atoms with van der Waals surface area (Å²) in [4.78, 5) is -0.228. The summed E-state index contributed by atoms with van der Waals surface area (Å²) in [5.74, 6) is 0.0279. The summed E-state index contributed by atoms with van der Waals surface area (Å²) in [5, 5.41) is 8.99. The quantitative estimate of drug-likeness (QED) is 0.807. The van der Waals surface area contributed by atoms with E-state index in [1.807, 2.05) is 6.07 Å². The van der Waals surface area contributed by atoms with Crippen LogP contribution in [0.3, 0.4) is 0 Å². The lowest BCUT2D eigenvalue weighted by molar-refractivity contribution is 0.486. The van der Waals surface area contributed by atoms with Crippen LogP contribution in [0.2, 0.25) is 10.0 Å². The molecular formula is C13H7Cl2NO3S. The summed E-state index contributed by atoms with van der Waals surface area (Å²) in [6.07, 6.45) is 0. The molecule has 7 heteroatoms. The van der Waals surface area contributed by atoms with Gasteiger partial charge < -0.3 is 4.18 Å². The normalized spacial score (nSPS) is 10.8. The molecule has 2 rings (SSSR count). The first kappa shape index (κ1) is 14.7. The standard InChI is InChI=1S/C13H7Cl2NO3S/c14-10-4-5-12(15)13(7-10)20(17,18)19-11-3-1-2-9(6-11)8-16/h1-7H. The molecule has 0 aromatic heterocycles. The fourth-order valence-corrected chi connectivity index (χ4v) is 3.12. The van der Waals surface area contributed by atoms with E-state index in [0.29, 0.717) is 0 Å². The van der Waals surface area contributed by atoms with E-state index in [4.69, 9.17) is 32.6 Å². The maximum atomic E-state index is 12.1. The fourth-order valence-electron chi connectivity index (χ4n) is 1.46.